The molecule has 2 heterocycles. The van der Waals surface area contributed by atoms with E-state index in [0.29, 0.717) is 40.1 Å². The number of primary amides is 1. The summed E-state index contributed by atoms with van der Waals surface area (Å²) in [6, 6.07) is 13.2. The molecule has 0 aliphatic rings. The van der Waals surface area contributed by atoms with Gasteiger partial charge in [0.15, 0.2) is 0 Å². The van der Waals surface area contributed by atoms with Crippen molar-refractivity contribution in [2.45, 2.75) is 27.3 Å². The van der Waals surface area contributed by atoms with Crippen LogP contribution in [-0.2, 0) is 6.54 Å². The highest BCUT2D eigenvalue weighted by molar-refractivity contribution is 6.10. The molecule has 0 aliphatic heterocycles. The lowest BCUT2D eigenvalue weighted by molar-refractivity contribution is 0.100. The number of aromatic nitrogens is 3. The fourth-order valence-electron chi connectivity index (χ4n) is 3.74. The number of halogens is 1. The van der Waals surface area contributed by atoms with Crippen molar-refractivity contribution in [3.05, 3.63) is 87.6 Å². The minimum absolute atomic E-state index is 0.0665. The van der Waals surface area contributed by atoms with Gasteiger partial charge in [0, 0.05) is 11.5 Å². The lowest BCUT2D eigenvalue weighted by Gasteiger charge is -2.10. The zero-order valence-electron chi connectivity index (χ0n) is 18.8. The highest BCUT2D eigenvalue weighted by Crippen LogP contribution is 2.24. The highest BCUT2D eigenvalue weighted by Gasteiger charge is 2.20. The van der Waals surface area contributed by atoms with Crippen LogP contribution < -0.4 is 11.1 Å². The summed E-state index contributed by atoms with van der Waals surface area (Å²) in [6.45, 7) is 5.60. The van der Waals surface area contributed by atoms with E-state index in [-0.39, 0.29) is 16.8 Å². The van der Waals surface area contributed by atoms with E-state index in [1.165, 1.54) is 18.2 Å². The number of benzene rings is 2. The maximum Gasteiger partial charge on any atom is 0.274 e. The molecule has 4 aromatic rings. The van der Waals surface area contributed by atoms with E-state index in [1.54, 1.807) is 30.7 Å². The summed E-state index contributed by atoms with van der Waals surface area (Å²) in [4.78, 5) is 29.3. The average Bonchev–Trinajstić information content (AvgIpc) is 3.06. The molecule has 0 unspecified atom stereocenters. The van der Waals surface area contributed by atoms with Gasteiger partial charge >= 0.3 is 0 Å². The van der Waals surface area contributed by atoms with E-state index < -0.39 is 17.6 Å². The Balaban J connectivity index is 1.65. The Morgan fingerprint density at radius 2 is 1.85 bits per heavy atom. The van der Waals surface area contributed by atoms with Crippen LogP contribution in [-0.4, -0.2) is 26.6 Å². The van der Waals surface area contributed by atoms with Crippen LogP contribution in [0.5, 0.6) is 0 Å². The Kier molecular flexibility index (Phi) is 5.82. The molecule has 0 saturated carbocycles. The van der Waals surface area contributed by atoms with E-state index in [1.807, 2.05) is 19.1 Å². The molecule has 0 aliphatic carbocycles. The van der Waals surface area contributed by atoms with Gasteiger partial charge < -0.3 is 11.1 Å². The van der Waals surface area contributed by atoms with Gasteiger partial charge in [-0.15, -0.1) is 0 Å². The molecule has 0 fully saturated rings. The van der Waals surface area contributed by atoms with Crippen LogP contribution in [0.15, 0.2) is 42.5 Å². The number of carbonyl (C=O) groups excluding carboxylic acids is 2. The first-order valence-electron chi connectivity index (χ1n) is 10.4. The number of fused-ring (bicyclic) bond motifs is 1. The first kappa shape index (κ1) is 22.6. The number of amides is 2. The number of carbonyl (C=O) groups is 2. The number of nitriles is 1. The Morgan fingerprint density at radius 1 is 1.15 bits per heavy atom. The lowest BCUT2D eigenvalue weighted by Crippen LogP contribution is -2.18. The normalized spacial score (nSPS) is 10.8. The molecular formula is C25H21FN6O2. The lowest BCUT2D eigenvalue weighted by atomic mass is 10.0. The third kappa shape index (κ3) is 4.21. The second-order valence-electron chi connectivity index (χ2n) is 8.00. The van der Waals surface area contributed by atoms with Crippen LogP contribution in [0.4, 0.5) is 10.1 Å². The number of hydrogen-bond acceptors (Lipinski definition) is 5. The second-order valence-corrected chi connectivity index (χ2v) is 8.00. The first-order chi connectivity index (χ1) is 16.2. The van der Waals surface area contributed by atoms with Crippen molar-refractivity contribution in [3.63, 3.8) is 0 Å². The van der Waals surface area contributed by atoms with Gasteiger partial charge in [0.25, 0.3) is 5.91 Å². The standard InChI is InChI=1S/C25H21FN6O2/c1-13-8-18-19(24(28)33)9-22(29-21(18)10-20(13)26)25(34)30-23-14(2)31-32(15(23)3)12-17-6-4-16(11-27)5-7-17/h4-10H,12H2,1-3H3,(H2,28,33)(H,30,34). The van der Waals surface area contributed by atoms with Crippen LogP contribution in [0.2, 0.25) is 0 Å². The Hall–Kier alpha value is -4.58. The zero-order valence-corrected chi connectivity index (χ0v) is 18.8. The molecule has 8 nitrogen and oxygen atoms in total. The Morgan fingerprint density at radius 3 is 2.50 bits per heavy atom. The molecule has 2 amide bonds. The zero-order chi connectivity index (χ0) is 24.6. The van der Waals surface area contributed by atoms with E-state index in [9.17, 15) is 14.0 Å². The number of hydrogen-bond donors (Lipinski definition) is 2. The predicted octanol–water partition coefficient (Wildman–Crippen LogP) is 3.77. The summed E-state index contributed by atoms with van der Waals surface area (Å²) in [6.07, 6.45) is 0. The molecule has 170 valence electrons. The van der Waals surface area contributed by atoms with Gasteiger partial charge in [0.1, 0.15) is 11.5 Å². The summed E-state index contributed by atoms with van der Waals surface area (Å²) >= 11 is 0. The number of aryl methyl sites for hydroxylation is 2. The van der Waals surface area contributed by atoms with Gasteiger partial charge in [0.2, 0.25) is 5.91 Å². The van der Waals surface area contributed by atoms with Crippen LogP contribution in [0.25, 0.3) is 10.9 Å². The van der Waals surface area contributed by atoms with Crippen molar-refractivity contribution in [3.8, 4) is 6.07 Å². The number of nitrogens with zero attached hydrogens (tertiary/aromatic N) is 4. The molecule has 0 bridgehead atoms. The summed E-state index contributed by atoms with van der Waals surface area (Å²) < 4.78 is 15.9. The molecule has 9 heteroatoms. The Labute approximate surface area is 194 Å². The van der Waals surface area contributed by atoms with Crippen molar-refractivity contribution >= 4 is 28.4 Å². The smallest absolute Gasteiger partial charge is 0.274 e. The second kappa shape index (κ2) is 8.75. The summed E-state index contributed by atoms with van der Waals surface area (Å²) in [5, 5.41) is 16.6. The highest BCUT2D eigenvalue weighted by atomic mass is 19.1. The number of nitrogens with one attached hydrogen (secondary N) is 1. The third-order valence-electron chi connectivity index (χ3n) is 5.62. The molecule has 0 spiro atoms. The molecule has 2 aromatic heterocycles. The molecule has 34 heavy (non-hydrogen) atoms. The molecule has 0 saturated heterocycles. The molecule has 4 rings (SSSR count). The third-order valence-corrected chi connectivity index (χ3v) is 5.62. The van der Waals surface area contributed by atoms with E-state index >= 15 is 0 Å². The monoisotopic (exact) mass is 456 g/mol. The van der Waals surface area contributed by atoms with Crippen molar-refractivity contribution in [2.24, 2.45) is 5.73 Å². The molecule has 3 N–H and O–H groups in total. The molecule has 0 radical (unpaired) electrons. The van der Waals surface area contributed by atoms with Crippen LogP contribution in [0.3, 0.4) is 0 Å². The number of nitrogens with two attached hydrogens (primary N) is 1. The van der Waals surface area contributed by atoms with E-state index in [4.69, 9.17) is 11.0 Å². The first-order valence-corrected chi connectivity index (χ1v) is 10.4. The van der Waals surface area contributed by atoms with Gasteiger partial charge in [-0.3, -0.25) is 14.3 Å². The van der Waals surface area contributed by atoms with Gasteiger partial charge in [-0.25, -0.2) is 9.37 Å². The minimum Gasteiger partial charge on any atom is -0.366 e. The van der Waals surface area contributed by atoms with E-state index in [0.717, 1.165) is 5.56 Å². The van der Waals surface area contributed by atoms with Crippen molar-refractivity contribution in [1.82, 2.24) is 14.8 Å². The van der Waals surface area contributed by atoms with Gasteiger partial charge in [0.05, 0.1) is 46.3 Å². The predicted molar refractivity (Wildman–Crippen MR) is 125 cm³/mol. The summed E-state index contributed by atoms with van der Waals surface area (Å²) in [5.41, 5.74) is 9.37. The SMILES string of the molecule is Cc1cc2c(C(N)=O)cc(C(=O)Nc3c(C)nn(Cc4ccc(C#N)cc4)c3C)nc2cc1F. The molecule has 2 aromatic carbocycles. The van der Waals surface area contributed by atoms with Crippen LogP contribution in [0.1, 0.15) is 48.9 Å². The van der Waals surface area contributed by atoms with Crippen molar-refractivity contribution in [2.75, 3.05) is 5.32 Å². The summed E-state index contributed by atoms with van der Waals surface area (Å²) in [7, 11) is 0. The number of rotatable bonds is 5. The fraction of sp³-hybridized carbons (Fsp3) is 0.160. The van der Waals surface area contributed by atoms with Gasteiger partial charge in [-0.2, -0.15) is 10.4 Å². The average molecular weight is 456 g/mol. The quantitative estimate of drug-likeness (QED) is 0.473. The largest absolute Gasteiger partial charge is 0.366 e. The van der Waals surface area contributed by atoms with Crippen LogP contribution >= 0.6 is 0 Å². The van der Waals surface area contributed by atoms with Crippen molar-refractivity contribution in [1.29, 1.82) is 5.26 Å². The molecular weight excluding hydrogens is 435 g/mol. The number of anilines is 1. The fourth-order valence-corrected chi connectivity index (χ4v) is 3.74. The topological polar surface area (TPSA) is 127 Å². The van der Waals surface area contributed by atoms with E-state index in [2.05, 4.69) is 21.5 Å². The summed E-state index contributed by atoms with van der Waals surface area (Å²) in [5.74, 6) is -1.81. The van der Waals surface area contributed by atoms with Gasteiger partial charge in [-0.1, -0.05) is 12.1 Å². The number of pyridine rings is 1. The maximum absolute atomic E-state index is 14.1. The van der Waals surface area contributed by atoms with Crippen LogP contribution in [0, 0.1) is 37.9 Å². The maximum atomic E-state index is 14.1. The Bertz CT molecular complexity index is 1500. The van der Waals surface area contributed by atoms with Crippen molar-refractivity contribution < 1.29 is 14.0 Å². The van der Waals surface area contributed by atoms with Gasteiger partial charge in [-0.05, 0) is 56.2 Å². The minimum atomic E-state index is -0.741. The molecule has 0 atom stereocenters.